The number of benzene rings is 2. The second-order valence-electron chi connectivity index (χ2n) is 6.12. The zero-order valence-electron chi connectivity index (χ0n) is 13.2. The van der Waals surface area contributed by atoms with Crippen LogP contribution in [0.1, 0.15) is 23.4 Å². The lowest BCUT2D eigenvalue weighted by Crippen LogP contribution is -2.19. The van der Waals surface area contributed by atoms with Crippen LogP contribution in [0.25, 0.3) is 11.0 Å². The van der Waals surface area contributed by atoms with Crippen molar-refractivity contribution in [2.75, 3.05) is 5.32 Å². The SMILES string of the molecule is Cc1nc2ccccc2n1CC(=O)Nc1ccc2c(c1)CCC2. The number of hydrogen-bond donors (Lipinski definition) is 1. The number of aryl methyl sites for hydroxylation is 3. The Kier molecular flexibility index (Phi) is 3.37. The molecule has 116 valence electrons. The second kappa shape index (κ2) is 5.54. The second-order valence-corrected chi connectivity index (χ2v) is 6.12. The van der Waals surface area contributed by atoms with Crippen molar-refractivity contribution in [1.29, 1.82) is 0 Å². The Morgan fingerprint density at radius 3 is 2.91 bits per heavy atom. The predicted molar refractivity (Wildman–Crippen MR) is 91.6 cm³/mol. The van der Waals surface area contributed by atoms with Crippen molar-refractivity contribution in [3.05, 3.63) is 59.4 Å². The van der Waals surface area contributed by atoms with Crippen LogP contribution in [0.3, 0.4) is 0 Å². The number of carbonyl (C=O) groups excluding carboxylic acids is 1. The Balaban J connectivity index is 1.54. The molecule has 0 atom stereocenters. The smallest absolute Gasteiger partial charge is 0.244 e. The minimum absolute atomic E-state index is 0.0193. The molecule has 0 saturated carbocycles. The van der Waals surface area contributed by atoms with Gasteiger partial charge in [0.15, 0.2) is 0 Å². The Hall–Kier alpha value is -2.62. The molecular weight excluding hydrogens is 286 g/mol. The van der Waals surface area contributed by atoms with Crippen LogP contribution >= 0.6 is 0 Å². The number of para-hydroxylation sites is 2. The quantitative estimate of drug-likeness (QED) is 0.805. The van der Waals surface area contributed by atoms with Crippen molar-refractivity contribution in [2.24, 2.45) is 0 Å². The molecule has 1 aliphatic carbocycles. The normalized spacial score (nSPS) is 13.3. The molecule has 1 aliphatic rings. The van der Waals surface area contributed by atoms with E-state index in [4.69, 9.17) is 0 Å². The van der Waals surface area contributed by atoms with E-state index in [1.54, 1.807) is 0 Å². The average Bonchev–Trinajstić information content (AvgIpc) is 3.12. The Morgan fingerprint density at radius 1 is 1.17 bits per heavy atom. The van der Waals surface area contributed by atoms with Gasteiger partial charge in [-0.05, 0) is 61.6 Å². The summed E-state index contributed by atoms with van der Waals surface area (Å²) in [6, 6.07) is 14.1. The minimum atomic E-state index is -0.0193. The van der Waals surface area contributed by atoms with Crippen molar-refractivity contribution < 1.29 is 4.79 Å². The van der Waals surface area contributed by atoms with Gasteiger partial charge in [0.05, 0.1) is 11.0 Å². The summed E-state index contributed by atoms with van der Waals surface area (Å²) in [6.45, 7) is 2.21. The molecule has 0 radical (unpaired) electrons. The zero-order valence-corrected chi connectivity index (χ0v) is 13.2. The molecule has 0 fully saturated rings. The van der Waals surface area contributed by atoms with E-state index in [1.165, 1.54) is 17.5 Å². The maximum absolute atomic E-state index is 12.4. The summed E-state index contributed by atoms with van der Waals surface area (Å²) in [6.07, 6.45) is 3.49. The highest BCUT2D eigenvalue weighted by atomic mass is 16.1. The molecule has 4 rings (SSSR count). The summed E-state index contributed by atoms with van der Waals surface area (Å²) in [5.74, 6) is 0.838. The van der Waals surface area contributed by atoms with Crippen molar-refractivity contribution in [3.8, 4) is 0 Å². The number of anilines is 1. The van der Waals surface area contributed by atoms with Gasteiger partial charge in [0.1, 0.15) is 12.4 Å². The fraction of sp³-hybridized carbons (Fsp3) is 0.263. The molecule has 0 saturated heterocycles. The molecular formula is C19H19N3O. The standard InChI is InChI=1S/C19H19N3O/c1-13-20-17-7-2-3-8-18(17)22(13)12-19(23)21-16-10-9-14-5-4-6-15(14)11-16/h2-3,7-11H,4-6,12H2,1H3,(H,21,23). The predicted octanol–water partition coefficient (Wildman–Crippen LogP) is 3.47. The van der Waals surface area contributed by atoms with Crippen molar-refractivity contribution in [2.45, 2.75) is 32.7 Å². The van der Waals surface area contributed by atoms with E-state index in [9.17, 15) is 4.79 Å². The maximum Gasteiger partial charge on any atom is 0.244 e. The van der Waals surface area contributed by atoms with Crippen LogP contribution < -0.4 is 5.32 Å². The van der Waals surface area contributed by atoms with Crippen LogP contribution in [0.2, 0.25) is 0 Å². The first-order valence-electron chi connectivity index (χ1n) is 8.04. The van der Waals surface area contributed by atoms with Crippen LogP contribution in [-0.2, 0) is 24.2 Å². The van der Waals surface area contributed by atoms with Crippen molar-refractivity contribution >= 4 is 22.6 Å². The van der Waals surface area contributed by atoms with Crippen molar-refractivity contribution in [1.82, 2.24) is 9.55 Å². The number of nitrogens with one attached hydrogen (secondary N) is 1. The molecule has 1 amide bonds. The average molecular weight is 305 g/mol. The molecule has 0 aliphatic heterocycles. The number of aromatic nitrogens is 2. The van der Waals surface area contributed by atoms with E-state index in [0.29, 0.717) is 0 Å². The summed E-state index contributed by atoms with van der Waals surface area (Å²) < 4.78 is 1.96. The van der Waals surface area contributed by atoms with Crippen molar-refractivity contribution in [3.63, 3.8) is 0 Å². The van der Waals surface area contributed by atoms with Crippen LogP contribution in [0, 0.1) is 6.92 Å². The summed E-state index contributed by atoms with van der Waals surface area (Å²) >= 11 is 0. The van der Waals surface area contributed by atoms with Crippen LogP contribution in [0.5, 0.6) is 0 Å². The fourth-order valence-corrected chi connectivity index (χ4v) is 3.39. The first kappa shape index (κ1) is 14.0. The lowest BCUT2D eigenvalue weighted by atomic mass is 10.1. The molecule has 4 nitrogen and oxygen atoms in total. The molecule has 3 aromatic rings. The van der Waals surface area contributed by atoms with Crippen LogP contribution in [0.15, 0.2) is 42.5 Å². The highest BCUT2D eigenvalue weighted by molar-refractivity contribution is 5.92. The molecule has 0 spiro atoms. The number of carbonyl (C=O) groups is 1. The first-order valence-corrected chi connectivity index (χ1v) is 8.04. The van der Waals surface area contributed by atoms with E-state index in [2.05, 4.69) is 22.4 Å². The van der Waals surface area contributed by atoms with Gasteiger partial charge in [0, 0.05) is 5.69 Å². The Labute approximate surface area is 135 Å². The number of amides is 1. The Morgan fingerprint density at radius 2 is 2.00 bits per heavy atom. The molecule has 23 heavy (non-hydrogen) atoms. The summed E-state index contributed by atoms with van der Waals surface area (Å²) in [5.41, 5.74) is 5.59. The minimum Gasteiger partial charge on any atom is -0.325 e. The van der Waals surface area contributed by atoms with E-state index in [1.807, 2.05) is 41.8 Å². The maximum atomic E-state index is 12.4. The molecule has 0 unspecified atom stereocenters. The molecule has 0 bridgehead atoms. The van der Waals surface area contributed by atoms with E-state index in [-0.39, 0.29) is 12.5 Å². The number of imidazole rings is 1. The molecule has 1 heterocycles. The number of hydrogen-bond acceptors (Lipinski definition) is 2. The largest absolute Gasteiger partial charge is 0.325 e. The van der Waals surface area contributed by atoms with E-state index >= 15 is 0 Å². The topological polar surface area (TPSA) is 46.9 Å². The third-order valence-corrected chi connectivity index (χ3v) is 4.53. The van der Waals surface area contributed by atoms with E-state index in [0.717, 1.165) is 35.4 Å². The van der Waals surface area contributed by atoms with Gasteiger partial charge < -0.3 is 9.88 Å². The van der Waals surface area contributed by atoms with Gasteiger partial charge in [-0.2, -0.15) is 0 Å². The third-order valence-electron chi connectivity index (χ3n) is 4.53. The molecule has 1 aromatic heterocycles. The number of fused-ring (bicyclic) bond motifs is 2. The van der Waals surface area contributed by atoms with Crippen LogP contribution in [0.4, 0.5) is 5.69 Å². The van der Waals surface area contributed by atoms with Gasteiger partial charge in [-0.3, -0.25) is 4.79 Å². The first-order chi connectivity index (χ1) is 11.2. The third kappa shape index (κ3) is 2.61. The van der Waals surface area contributed by atoms with Gasteiger partial charge in [-0.25, -0.2) is 4.98 Å². The molecule has 2 aromatic carbocycles. The molecule has 4 heteroatoms. The van der Waals surface area contributed by atoms with Gasteiger partial charge in [0.2, 0.25) is 5.91 Å². The summed E-state index contributed by atoms with van der Waals surface area (Å²) in [5, 5.41) is 3.01. The van der Waals surface area contributed by atoms with Gasteiger partial charge >= 0.3 is 0 Å². The van der Waals surface area contributed by atoms with E-state index < -0.39 is 0 Å². The lowest BCUT2D eigenvalue weighted by Gasteiger charge is -2.10. The monoisotopic (exact) mass is 305 g/mol. The molecule has 1 N–H and O–H groups in total. The lowest BCUT2D eigenvalue weighted by molar-refractivity contribution is -0.116. The van der Waals surface area contributed by atoms with Gasteiger partial charge in [0.25, 0.3) is 0 Å². The van der Waals surface area contributed by atoms with Crippen LogP contribution in [-0.4, -0.2) is 15.5 Å². The number of nitrogens with zero attached hydrogens (tertiary/aromatic N) is 2. The highest BCUT2D eigenvalue weighted by Gasteiger charge is 2.13. The zero-order chi connectivity index (χ0) is 15.8. The Bertz CT molecular complexity index is 895. The highest BCUT2D eigenvalue weighted by Crippen LogP contribution is 2.25. The fourth-order valence-electron chi connectivity index (χ4n) is 3.39. The number of rotatable bonds is 3. The summed E-state index contributed by atoms with van der Waals surface area (Å²) in [7, 11) is 0. The summed E-state index contributed by atoms with van der Waals surface area (Å²) in [4.78, 5) is 16.9. The van der Waals surface area contributed by atoms with Gasteiger partial charge in [-0.15, -0.1) is 0 Å². The van der Waals surface area contributed by atoms with Gasteiger partial charge in [-0.1, -0.05) is 18.2 Å².